The van der Waals surface area contributed by atoms with Crippen LogP contribution in [0.25, 0.3) is 0 Å². The molecule has 0 bridgehead atoms. The molecule has 1 aromatic rings. The number of aromatic nitrogens is 2. The highest BCUT2D eigenvalue weighted by Gasteiger charge is 2.22. The topological polar surface area (TPSA) is 102 Å². The molecule has 124 valence electrons. The predicted molar refractivity (Wildman–Crippen MR) is 84.3 cm³/mol. The Bertz CT molecular complexity index is 540. The standard InChI is InChI=1S/C13H21N5O3.ClH/c1-9-13(18(20)21)10(2)17(16-9)7-5-12(19)15-11-4-3-6-14-8-11;/h11,14H,3-8H2,1-2H3,(H,15,19);1H. The van der Waals surface area contributed by atoms with Gasteiger partial charge < -0.3 is 10.6 Å². The van der Waals surface area contributed by atoms with Crippen molar-refractivity contribution in [1.29, 1.82) is 0 Å². The Hall–Kier alpha value is -1.67. The number of amides is 1. The van der Waals surface area contributed by atoms with Crippen molar-refractivity contribution in [3.63, 3.8) is 0 Å². The van der Waals surface area contributed by atoms with Crippen molar-refractivity contribution >= 4 is 24.0 Å². The zero-order valence-corrected chi connectivity index (χ0v) is 13.6. The summed E-state index contributed by atoms with van der Waals surface area (Å²) in [5.74, 6) is -0.0427. The summed E-state index contributed by atoms with van der Waals surface area (Å²) in [5.41, 5.74) is 0.908. The van der Waals surface area contributed by atoms with Crippen molar-refractivity contribution in [2.75, 3.05) is 13.1 Å². The summed E-state index contributed by atoms with van der Waals surface area (Å²) >= 11 is 0. The molecule has 0 spiro atoms. The summed E-state index contributed by atoms with van der Waals surface area (Å²) in [6.45, 7) is 5.42. The molecule has 1 unspecified atom stereocenters. The first-order valence-electron chi connectivity index (χ1n) is 7.17. The number of carbonyl (C=O) groups excluding carboxylic acids is 1. The van der Waals surface area contributed by atoms with Crippen LogP contribution in [-0.4, -0.2) is 39.7 Å². The zero-order valence-electron chi connectivity index (χ0n) is 12.8. The number of nitrogens with one attached hydrogen (secondary N) is 2. The molecule has 8 nitrogen and oxygen atoms in total. The van der Waals surface area contributed by atoms with Gasteiger partial charge in [-0.3, -0.25) is 19.6 Å². The third-order valence-electron chi connectivity index (χ3n) is 3.74. The molecular weight excluding hydrogens is 310 g/mol. The van der Waals surface area contributed by atoms with Gasteiger partial charge in [-0.15, -0.1) is 12.4 Å². The second kappa shape index (κ2) is 8.09. The SMILES string of the molecule is Cc1nn(CCC(=O)NC2CCCNC2)c(C)c1[N+](=O)[O-].Cl. The molecule has 0 aliphatic carbocycles. The second-order valence-corrected chi connectivity index (χ2v) is 5.36. The number of hydrogen-bond acceptors (Lipinski definition) is 5. The van der Waals surface area contributed by atoms with Crippen LogP contribution in [0.3, 0.4) is 0 Å². The van der Waals surface area contributed by atoms with E-state index in [2.05, 4.69) is 15.7 Å². The third-order valence-corrected chi connectivity index (χ3v) is 3.74. The van der Waals surface area contributed by atoms with Gasteiger partial charge in [0.15, 0.2) is 0 Å². The molecule has 2 N–H and O–H groups in total. The Balaban J connectivity index is 0.00000242. The van der Waals surface area contributed by atoms with Gasteiger partial charge in [0.1, 0.15) is 11.4 Å². The van der Waals surface area contributed by atoms with Gasteiger partial charge in [-0.2, -0.15) is 5.10 Å². The molecule has 1 aliphatic rings. The highest BCUT2D eigenvalue weighted by Crippen LogP contribution is 2.21. The number of carbonyl (C=O) groups is 1. The number of nitrogens with zero attached hydrogens (tertiary/aromatic N) is 3. The van der Waals surface area contributed by atoms with Crippen LogP contribution in [0.1, 0.15) is 30.7 Å². The third kappa shape index (κ3) is 4.41. The molecule has 1 fully saturated rings. The number of nitro groups is 1. The van der Waals surface area contributed by atoms with E-state index in [1.165, 1.54) is 4.68 Å². The zero-order chi connectivity index (χ0) is 15.4. The molecule has 22 heavy (non-hydrogen) atoms. The van der Waals surface area contributed by atoms with Crippen molar-refractivity contribution in [3.8, 4) is 0 Å². The van der Waals surface area contributed by atoms with Crippen LogP contribution in [-0.2, 0) is 11.3 Å². The van der Waals surface area contributed by atoms with Gasteiger partial charge in [-0.05, 0) is 33.2 Å². The summed E-state index contributed by atoms with van der Waals surface area (Å²) in [6, 6.07) is 0.182. The summed E-state index contributed by atoms with van der Waals surface area (Å²) < 4.78 is 1.53. The summed E-state index contributed by atoms with van der Waals surface area (Å²) in [4.78, 5) is 22.4. The first-order valence-corrected chi connectivity index (χ1v) is 7.17. The van der Waals surface area contributed by atoms with E-state index in [1.54, 1.807) is 13.8 Å². The Kier molecular flexibility index (Phi) is 6.76. The van der Waals surface area contributed by atoms with Crippen LogP contribution in [0.4, 0.5) is 5.69 Å². The molecular formula is C13H22ClN5O3. The Morgan fingerprint density at radius 2 is 2.27 bits per heavy atom. The molecule has 0 radical (unpaired) electrons. The summed E-state index contributed by atoms with van der Waals surface area (Å²) in [5, 5.41) is 21.3. The molecule has 1 amide bonds. The lowest BCUT2D eigenvalue weighted by molar-refractivity contribution is -0.386. The maximum absolute atomic E-state index is 11.9. The molecule has 1 aliphatic heterocycles. The quantitative estimate of drug-likeness (QED) is 0.621. The van der Waals surface area contributed by atoms with Gasteiger partial charge in [0.05, 0.1) is 11.5 Å². The lowest BCUT2D eigenvalue weighted by Crippen LogP contribution is -2.45. The van der Waals surface area contributed by atoms with Crippen LogP contribution < -0.4 is 10.6 Å². The van der Waals surface area contributed by atoms with E-state index in [1.807, 2.05) is 0 Å². The number of piperidine rings is 1. The van der Waals surface area contributed by atoms with Gasteiger partial charge in [-0.1, -0.05) is 0 Å². The van der Waals surface area contributed by atoms with Gasteiger partial charge in [-0.25, -0.2) is 0 Å². The Morgan fingerprint density at radius 1 is 1.55 bits per heavy atom. The molecule has 2 rings (SSSR count). The van der Waals surface area contributed by atoms with E-state index in [0.717, 1.165) is 25.9 Å². The molecule has 1 atom stereocenters. The van der Waals surface area contributed by atoms with Crippen LogP contribution in [0.15, 0.2) is 0 Å². The van der Waals surface area contributed by atoms with Crippen molar-refractivity contribution in [1.82, 2.24) is 20.4 Å². The Morgan fingerprint density at radius 3 is 2.82 bits per heavy atom. The smallest absolute Gasteiger partial charge is 0.312 e. The molecule has 2 heterocycles. The lowest BCUT2D eigenvalue weighted by atomic mass is 10.1. The molecule has 0 aromatic carbocycles. The van der Waals surface area contributed by atoms with Crippen LogP contribution in [0, 0.1) is 24.0 Å². The largest absolute Gasteiger partial charge is 0.352 e. The molecule has 1 aromatic heterocycles. The fourth-order valence-corrected chi connectivity index (χ4v) is 2.65. The van der Waals surface area contributed by atoms with E-state index in [-0.39, 0.29) is 36.5 Å². The molecule has 1 saturated heterocycles. The van der Waals surface area contributed by atoms with Crippen molar-refractivity contribution in [2.45, 2.75) is 45.7 Å². The average Bonchev–Trinajstić information content (AvgIpc) is 2.72. The van der Waals surface area contributed by atoms with Crippen molar-refractivity contribution in [3.05, 3.63) is 21.5 Å². The van der Waals surface area contributed by atoms with E-state index >= 15 is 0 Å². The number of rotatable bonds is 5. The number of aryl methyl sites for hydroxylation is 2. The fourth-order valence-electron chi connectivity index (χ4n) is 2.65. The van der Waals surface area contributed by atoms with E-state index < -0.39 is 4.92 Å². The van der Waals surface area contributed by atoms with Gasteiger partial charge in [0.2, 0.25) is 5.91 Å². The van der Waals surface area contributed by atoms with Crippen LogP contribution in [0.5, 0.6) is 0 Å². The van der Waals surface area contributed by atoms with Gasteiger partial charge in [0.25, 0.3) is 0 Å². The fraction of sp³-hybridized carbons (Fsp3) is 0.692. The van der Waals surface area contributed by atoms with Crippen molar-refractivity contribution in [2.24, 2.45) is 0 Å². The maximum atomic E-state index is 11.9. The average molecular weight is 332 g/mol. The second-order valence-electron chi connectivity index (χ2n) is 5.36. The van der Waals surface area contributed by atoms with Gasteiger partial charge >= 0.3 is 5.69 Å². The predicted octanol–water partition coefficient (Wildman–Crippen LogP) is 1.09. The molecule has 0 saturated carbocycles. The first kappa shape index (κ1) is 18.4. The van der Waals surface area contributed by atoms with Crippen molar-refractivity contribution < 1.29 is 9.72 Å². The summed E-state index contributed by atoms with van der Waals surface area (Å²) in [7, 11) is 0. The first-order chi connectivity index (χ1) is 9.99. The lowest BCUT2D eigenvalue weighted by Gasteiger charge is -2.23. The van der Waals surface area contributed by atoms with Crippen LogP contribution in [0.2, 0.25) is 0 Å². The molecule has 9 heteroatoms. The van der Waals surface area contributed by atoms with E-state index in [9.17, 15) is 14.9 Å². The Labute approximate surface area is 135 Å². The van der Waals surface area contributed by atoms with E-state index in [0.29, 0.717) is 17.9 Å². The van der Waals surface area contributed by atoms with Crippen LogP contribution >= 0.6 is 12.4 Å². The monoisotopic (exact) mass is 331 g/mol. The highest BCUT2D eigenvalue weighted by atomic mass is 35.5. The normalized spacial score (nSPS) is 17.6. The highest BCUT2D eigenvalue weighted by molar-refractivity contribution is 5.85. The number of halogens is 1. The van der Waals surface area contributed by atoms with E-state index in [4.69, 9.17) is 0 Å². The van der Waals surface area contributed by atoms with Gasteiger partial charge in [0, 0.05) is 19.0 Å². The minimum Gasteiger partial charge on any atom is -0.352 e. The number of hydrogen-bond donors (Lipinski definition) is 2. The maximum Gasteiger partial charge on any atom is 0.312 e. The summed E-state index contributed by atoms with van der Waals surface area (Å²) in [6.07, 6.45) is 2.33. The minimum atomic E-state index is -0.429. The minimum absolute atomic E-state index is 0.